The average molecular weight is 212 g/mol. The number of halogens is 1. The number of amides is 2. The number of hydrogen-bond acceptors (Lipinski definition) is 2. The summed E-state index contributed by atoms with van der Waals surface area (Å²) < 4.78 is 12.7. The zero-order chi connectivity index (χ0) is 11.4. The summed E-state index contributed by atoms with van der Waals surface area (Å²) in [5.74, 6) is -1.98. The van der Waals surface area contributed by atoms with Crippen LogP contribution in [0.1, 0.15) is 10.4 Å². The van der Waals surface area contributed by atoms with E-state index in [1.807, 2.05) is 0 Å². The van der Waals surface area contributed by atoms with E-state index in [4.69, 9.17) is 5.11 Å². The minimum Gasteiger partial charge on any atom is -0.478 e. The fourth-order valence-corrected chi connectivity index (χ4v) is 0.987. The van der Waals surface area contributed by atoms with E-state index in [-0.39, 0.29) is 11.3 Å². The number of rotatable bonds is 2. The number of hydrogen-bond donors (Lipinski definition) is 3. The quantitative estimate of drug-likeness (QED) is 0.690. The highest BCUT2D eigenvalue weighted by molar-refractivity contribution is 5.99. The molecule has 0 aliphatic rings. The predicted molar refractivity (Wildman–Crippen MR) is 51.4 cm³/mol. The SMILES string of the molecule is CNC(=O)Nc1ccc(F)cc1C(=O)O. The molecule has 0 saturated heterocycles. The van der Waals surface area contributed by atoms with Crippen LogP contribution in [0, 0.1) is 5.82 Å². The maximum Gasteiger partial charge on any atom is 0.337 e. The number of carbonyl (C=O) groups excluding carboxylic acids is 1. The van der Waals surface area contributed by atoms with E-state index in [1.54, 1.807) is 0 Å². The molecule has 2 amide bonds. The molecule has 5 nitrogen and oxygen atoms in total. The molecule has 0 bridgehead atoms. The second-order valence-electron chi connectivity index (χ2n) is 2.70. The third-order valence-electron chi connectivity index (χ3n) is 1.69. The van der Waals surface area contributed by atoms with E-state index in [0.29, 0.717) is 0 Å². The van der Waals surface area contributed by atoms with Gasteiger partial charge in [-0.3, -0.25) is 0 Å². The molecule has 0 aromatic heterocycles. The normalized spacial score (nSPS) is 9.47. The zero-order valence-electron chi connectivity index (χ0n) is 7.87. The first-order valence-electron chi connectivity index (χ1n) is 4.06. The van der Waals surface area contributed by atoms with Crippen LogP contribution in [0.4, 0.5) is 14.9 Å². The molecule has 0 aliphatic heterocycles. The lowest BCUT2D eigenvalue weighted by Gasteiger charge is -2.07. The number of benzene rings is 1. The summed E-state index contributed by atoms with van der Waals surface area (Å²) in [6, 6.07) is 2.53. The van der Waals surface area contributed by atoms with Gasteiger partial charge in [0.15, 0.2) is 0 Å². The van der Waals surface area contributed by atoms with Crippen molar-refractivity contribution in [3.05, 3.63) is 29.6 Å². The van der Waals surface area contributed by atoms with Gasteiger partial charge in [0.25, 0.3) is 0 Å². The van der Waals surface area contributed by atoms with Gasteiger partial charge in [-0.25, -0.2) is 14.0 Å². The summed E-state index contributed by atoms with van der Waals surface area (Å²) in [6.07, 6.45) is 0. The Morgan fingerprint density at radius 2 is 2.07 bits per heavy atom. The van der Waals surface area contributed by atoms with Crippen LogP contribution < -0.4 is 10.6 Å². The molecule has 0 spiro atoms. The van der Waals surface area contributed by atoms with Gasteiger partial charge in [0.2, 0.25) is 0 Å². The van der Waals surface area contributed by atoms with Gasteiger partial charge < -0.3 is 15.7 Å². The van der Waals surface area contributed by atoms with E-state index in [9.17, 15) is 14.0 Å². The average Bonchev–Trinajstić information content (AvgIpc) is 2.20. The molecule has 0 fully saturated rings. The predicted octanol–water partition coefficient (Wildman–Crippen LogP) is 1.28. The van der Waals surface area contributed by atoms with E-state index in [0.717, 1.165) is 12.1 Å². The van der Waals surface area contributed by atoms with Crippen molar-refractivity contribution < 1.29 is 19.1 Å². The van der Waals surface area contributed by atoms with Crippen LogP contribution in [0.25, 0.3) is 0 Å². The second-order valence-corrected chi connectivity index (χ2v) is 2.70. The molecule has 1 aromatic rings. The monoisotopic (exact) mass is 212 g/mol. The van der Waals surface area contributed by atoms with Crippen LogP contribution in [0.15, 0.2) is 18.2 Å². The van der Waals surface area contributed by atoms with Gasteiger partial charge in [0.05, 0.1) is 11.3 Å². The molecule has 1 rings (SSSR count). The summed E-state index contributed by atoms with van der Waals surface area (Å²) in [6.45, 7) is 0. The summed E-state index contributed by atoms with van der Waals surface area (Å²) >= 11 is 0. The Labute approximate surface area is 84.9 Å². The van der Waals surface area contributed by atoms with Crippen molar-refractivity contribution in [1.29, 1.82) is 0 Å². The molecule has 1 aromatic carbocycles. The van der Waals surface area contributed by atoms with Crippen LogP contribution >= 0.6 is 0 Å². The van der Waals surface area contributed by atoms with Gasteiger partial charge in [-0.15, -0.1) is 0 Å². The first-order valence-corrected chi connectivity index (χ1v) is 4.06. The number of aromatic carboxylic acids is 1. The zero-order valence-corrected chi connectivity index (χ0v) is 7.87. The van der Waals surface area contributed by atoms with Crippen molar-refractivity contribution in [2.24, 2.45) is 0 Å². The Hall–Kier alpha value is -2.11. The maximum absolute atomic E-state index is 12.7. The molecule has 0 heterocycles. The van der Waals surface area contributed by atoms with Crippen LogP contribution in [-0.2, 0) is 0 Å². The lowest BCUT2D eigenvalue weighted by atomic mass is 10.2. The first-order chi connectivity index (χ1) is 7.04. The van der Waals surface area contributed by atoms with Crippen LogP contribution in [0.3, 0.4) is 0 Å². The van der Waals surface area contributed by atoms with E-state index in [2.05, 4.69) is 10.6 Å². The lowest BCUT2D eigenvalue weighted by molar-refractivity contribution is 0.0697. The van der Waals surface area contributed by atoms with E-state index >= 15 is 0 Å². The van der Waals surface area contributed by atoms with Gasteiger partial charge in [0, 0.05) is 7.05 Å². The van der Waals surface area contributed by atoms with Crippen molar-refractivity contribution in [3.63, 3.8) is 0 Å². The highest BCUT2D eigenvalue weighted by Crippen LogP contribution is 2.16. The van der Waals surface area contributed by atoms with Gasteiger partial charge in [-0.1, -0.05) is 0 Å². The largest absolute Gasteiger partial charge is 0.478 e. The number of nitrogens with one attached hydrogen (secondary N) is 2. The fourth-order valence-electron chi connectivity index (χ4n) is 0.987. The summed E-state index contributed by atoms with van der Waals surface area (Å²) in [5.41, 5.74) is -0.248. The number of anilines is 1. The Kier molecular flexibility index (Phi) is 3.22. The minimum atomic E-state index is -1.30. The van der Waals surface area contributed by atoms with Crippen molar-refractivity contribution >= 4 is 17.7 Å². The topological polar surface area (TPSA) is 78.4 Å². The molecule has 3 N–H and O–H groups in total. The Bertz CT molecular complexity index is 406. The van der Waals surface area contributed by atoms with Crippen molar-refractivity contribution in [1.82, 2.24) is 5.32 Å². The van der Waals surface area contributed by atoms with Crippen molar-refractivity contribution in [3.8, 4) is 0 Å². The van der Waals surface area contributed by atoms with Gasteiger partial charge in [0.1, 0.15) is 5.82 Å². The maximum atomic E-state index is 12.7. The van der Waals surface area contributed by atoms with Gasteiger partial charge >= 0.3 is 12.0 Å². The molecule has 0 atom stereocenters. The third kappa shape index (κ3) is 2.67. The fraction of sp³-hybridized carbons (Fsp3) is 0.111. The molecule has 15 heavy (non-hydrogen) atoms. The molecule has 0 saturated carbocycles. The lowest BCUT2D eigenvalue weighted by Crippen LogP contribution is -2.25. The highest BCUT2D eigenvalue weighted by Gasteiger charge is 2.12. The number of urea groups is 1. The number of carboxylic acid groups (broad SMARTS) is 1. The molecular formula is C9H9FN2O3. The first kappa shape index (κ1) is 11.0. The smallest absolute Gasteiger partial charge is 0.337 e. The molecule has 80 valence electrons. The third-order valence-corrected chi connectivity index (χ3v) is 1.69. The molecule has 0 aliphatic carbocycles. The van der Waals surface area contributed by atoms with Crippen molar-refractivity contribution in [2.45, 2.75) is 0 Å². The van der Waals surface area contributed by atoms with Crippen molar-refractivity contribution in [2.75, 3.05) is 12.4 Å². The molecular weight excluding hydrogens is 203 g/mol. The number of carbonyl (C=O) groups is 2. The summed E-state index contributed by atoms with van der Waals surface area (Å²) in [4.78, 5) is 21.6. The Morgan fingerprint density at radius 3 is 2.60 bits per heavy atom. The number of carboxylic acids is 1. The standard InChI is InChI=1S/C9H9FN2O3/c1-11-9(15)12-7-3-2-5(10)4-6(7)8(13)14/h2-4H,1H3,(H,13,14)(H2,11,12,15). The van der Waals surface area contributed by atoms with Crippen LogP contribution in [0.5, 0.6) is 0 Å². The summed E-state index contributed by atoms with van der Waals surface area (Å²) in [5, 5.41) is 13.3. The van der Waals surface area contributed by atoms with Crippen LogP contribution in [0.2, 0.25) is 0 Å². The van der Waals surface area contributed by atoms with Crippen LogP contribution in [-0.4, -0.2) is 24.2 Å². The highest BCUT2D eigenvalue weighted by atomic mass is 19.1. The summed E-state index contributed by atoms with van der Waals surface area (Å²) in [7, 11) is 1.39. The van der Waals surface area contributed by atoms with Gasteiger partial charge in [-0.2, -0.15) is 0 Å². The Balaban J connectivity index is 3.06. The minimum absolute atomic E-state index is 0.0447. The molecule has 0 radical (unpaired) electrons. The molecule has 0 unspecified atom stereocenters. The van der Waals surface area contributed by atoms with Gasteiger partial charge in [-0.05, 0) is 18.2 Å². The van der Waals surface area contributed by atoms with E-state index < -0.39 is 17.8 Å². The second kappa shape index (κ2) is 4.41. The Morgan fingerprint density at radius 1 is 1.40 bits per heavy atom. The molecule has 6 heteroatoms. The van der Waals surface area contributed by atoms with E-state index in [1.165, 1.54) is 13.1 Å².